The zero-order valence-corrected chi connectivity index (χ0v) is 41.6. The van der Waals surface area contributed by atoms with E-state index < -0.39 is 43.3 Å². The van der Waals surface area contributed by atoms with Gasteiger partial charge in [0.05, 0.1) is 0 Å². The van der Waals surface area contributed by atoms with Gasteiger partial charge in [-0.25, -0.2) is 0 Å². The number of unbranched alkanes of at least 4 members (excludes halogenated alkanes) is 3. The van der Waals surface area contributed by atoms with Crippen LogP contribution in [0.2, 0.25) is 67.7 Å². The molecule has 280 valence electrons. The SMILES string of the molecule is CCC[CH2][Sn](/[CH]=C/C(C)=C/[C@@H](O[Si](C)(C)C(C)(C)C)[C@@H](C[C@@H](C)O[Si](C)(C)C(C)(C)C)O[Si](C)(C)C(C)(C)C)([CH2]CCC)[CH2]CCC. The second-order valence-corrected chi connectivity index (χ2v) is 46.9. The molecule has 0 aromatic carbocycles. The first-order valence-corrected chi connectivity index (χ1v) is 35.9. The Kier molecular flexibility index (Phi) is 19.9. The molecule has 0 bridgehead atoms. The summed E-state index contributed by atoms with van der Waals surface area (Å²) >= 11 is -2.42. The fourth-order valence-electron chi connectivity index (χ4n) is 5.43. The molecule has 0 heterocycles. The van der Waals surface area contributed by atoms with E-state index in [0.717, 1.165) is 6.42 Å². The van der Waals surface area contributed by atoms with Gasteiger partial charge in [-0.15, -0.1) is 0 Å². The van der Waals surface area contributed by atoms with E-state index >= 15 is 0 Å². The monoisotopic (exact) mass is 818 g/mol. The van der Waals surface area contributed by atoms with Crippen LogP contribution in [0.1, 0.15) is 142 Å². The van der Waals surface area contributed by atoms with E-state index in [2.05, 4.69) is 152 Å². The summed E-state index contributed by atoms with van der Waals surface area (Å²) in [5.74, 6) is 0. The van der Waals surface area contributed by atoms with Crippen molar-refractivity contribution in [3.05, 3.63) is 21.8 Å². The topological polar surface area (TPSA) is 27.7 Å². The molecule has 0 saturated carbocycles. The molecule has 3 nitrogen and oxygen atoms in total. The molecule has 47 heavy (non-hydrogen) atoms. The average Bonchev–Trinajstić information content (AvgIpc) is 2.89. The molecule has 7 heteroatoms. The maximum atomic E-state index is 7.42. The molecule has 0 saturated heterocycles. The van der Waals surface area contributed by atoms with E-state index in [0.29, 0.717) is 0 Å². The summed E-state index contributed by atoms with van der Waals surface area (Å²) in [4.78, 5) is 0. The van der Waals surface area contributed by atoms with E-state index in [1.807, 2.05) is 0 Å². The summed E-state index contributed by atoms with van der Waals surface area (Å²) in [7, 11) is -6.15. The molecule has 0 aromatic rings. The molecular formula is C40H86O3Si3Sn. The van der Waals surface area contributed by atoms with Crippen molar-refractivity contribution in [3.8, 4) is 0 Å². The van der Waals surface area contributed by atoms with Crippen LogP contribution in [0.5, 0.6) is 0 Å². The third-order valence-electron chi connectivity index (χ3n) is 11.9. The van der Waals surface area contributed by atoms with Crippen LogP contribution in [0.4, 0.5) is 0 Å². The number of allylic oxidation sites excluding steroid dienone is 2. The second kappa shape index (κ2) is 19.6. The minimum atomic E-state index is -2.42. The Morgan fingerprint density at radius 1 is 0.617 bits per heavy atom. The molecule has 0 amide bonds. The van der Waals surface area contributed by atoms with Crippen molar-refractivity contribution in [3.63, 3.8) is 0 Å². The number of rotatable bonds is 21. The van der Waals surface area contributed by atoms with Gasteiger partial charge in [-0.2, -0.15) is 0 Å². The predicted octanol–water partition coefficient (Wildman–Crippen LogP) is 14.5. The first-order valence-electron chi connectivity index (χ1n) is 19.5. The molecule has 0 aromatic heterocycles. The molecule has 0 aliphatic heterocycles. The molecule has 0 unspecified atom stereocenters. The molecule has 0 spiro atoms. The van der Waals surface area contributed by atoms with Crippen LogP contribution >= 0.6 is 0 Å². The Labute approximate surface area is 304 Å². The van der Waals surface area contributed by atoms with Crippen molar-refractivity contribution < 1.29 is 13.3 Å². The molecule has 0 aliphatic rings. The summed E-state index contributed by atoms with van der Waals surface area (Å²) in [6.45, 7) is 47.2. The van der Waals surface area contributed by atoms with Gasteiger partial charge in [-0.05, 0) is 0 Å². The van der Waals surface area contributed by atoms with Crippen molar-refractivity contribution >= 4 is 43.3 Å². The van der Waals surface area contributed by atoms with E-state index in [9.17, 15) is 0 Å². The van der Waals surface area contributed by atoms with Gasteiger partial charge < -0.3 is 0 Å². The normalized spacial score (nSPS) is 17.0. The summed E-state index contributed by atoms with van der Waals surface area (Å²) < 4.78 is 29.1. The van der Waals surface area contributed by atoms with Crippen LogP contribution in [-0.2, 0) is 13.3 Å². The van der Waals surface area contributed by atoms with Gasteiger partial charge in [0.1, 0.15) is 0 Å². The Morgan fingerprint density at radius 2 is 0.979 bits per heavy atom. The third-order valence-corrected chi connectivity index (χ3v) is 39.6. The van der Waals surface area contributed by atoms with Gasteiger partial charge >= 0.3 is 306 Å². The van der Waals surface area contributed by atoms with Crippen molar-refractivity contribution in [1.82, 2.24) is 0 Å². The summed E-state index contributed by atoms with van der Waals surface area (Å²) in [5, 5.41) is 0.390. The second-order valence-electron chi connectivity index (χ2n) is 19.6. The Balaban J connectivity index is 7.12. The van der Waals surface area contributed by atoms with Gasteiger partial charge in [0, 0.05) is 0 Å². The zero-order chi connectivity index (χ0) is 37.1. The van der Waals surface area contributed by atoms with Gasteiger partial charge in [0.25, 0.3) is 0 Å². The molecule has 0 N–H and O–H groups in total. The van der Waals surface area contributed by atoms with Gasteiger partial charge in [0.2, 0.25) is 0 Å². The molecule has 0 radical (unpaired) electrons. The van der Waals surface area contributed by atoms with Crippen molar-refractivity contribution in [2.75, 3.05) is 0 Å². The van der Waals surface area contributed by atoms with Crippen LogP contribution < -0.4 is 0 Å². The fourth-order valence-corrected chi connectivity index (χ4v) is 23.9. The van der Waals surface area contributed by atoms with Gasteiger partial charge in [0.15, 0.2) is 0 Å². The molecule has 0 aliphatic carbocycles. The van der Waals surface area contributed by atoms with Crippen LogP contribution in [0.25, 0.3) is 0 Å². The standard InChI is InChI=1S/C28H59O3Si3.3C4H9.Sn/c1-19-22(2)20-24(30-33(15,16)27(7,8)9)25(31-34(17,18)28(10,11)12)21-23(3)29-32(13,14)26(4,5)6;3*1-3-4-2;/h1,19-20,23-25H,21H2,2-18H3;3*1,3-4H2,2H3;/b19-1?,22-20+;;;;/t23-,24-,25-;;;;/m1..../s1. The van der Waals surface area contributed by atoms with Crippen molar-refractivity contribution in [2.24, 2.45) is 0 Å². The van der Waals surface area contributed by atoms with E-state index in [-0.39, 0.29) is 33.4 Å². The van der Waals surface area contributed by atoms with Gasteiger partial charge in [-0.3, -0.25) is 0 Å². The summed E-state index contributed by atoms with van der Waals surface area (Å²) in [5.41, 5.74) is 1.35. The van der Waals surface area contributed by atoms with Crippen LogP contribution in [0.3, 0.4) is 0 Å². The molecule has 3 atom stereocenters. The van der Waals surface area contributed by atoms with Crippen LogP contribution in [0, 0.1) is 0 Å². The fraction of sp³-hybridized carbons (Fsp3) is 0.900. The first kappa shape index (κ1) is 47.8. The van der Waals surface area contributed by atoms with Crippen molar-refractivity contribution in [2.45, 2.75) is 228 Å². The zero-order valence-electron chi connectivity index (χ0n) is 35.8. The van der Waals surface area contributed by atoms with E-state index in [1.54, 1.807) is 0 Å². The Bertz CT molecular complexity index is 929. The number of hydrogen-bond acceptors (Lipinski definition) is 3. The summed E-state index contributed by atoms with van der Waals surface area (Å²) in [6.07, 6.45) is 13.9. The van der Waals surface area contributed by atoms with E-state index in [4.69, 9.17) is 13.3 Å². The van der Waals surface area contributed by atoms with E-state index in [1.165, 1.54) is 57.4 Å². The molecule has 0 rings (SSSR count). The molecular weight excluding hydrogens is 731 g/mol. The summed E-state index contributed by atoms with van der Waals surface area (Å²) in [6, 6.07) is 0. The molecule has 0 fully saturated rings. The van der Waals surface area contributed by atoms with Crippen LogP contribution in [-0.4, -0.2) is 61.6 Å². The Morgan fingerprint density at radius 3 is 1.34 bits per heavy atom. The predicted molar refractivity (Wildman–Crippen MR) is 224 cm³/mol. The third kappa shape index (κ3) is 16.4. The maximum absolute atomic E-state index is 7.42. The average molecular weight is 818 g/mol. The van der Waals surface area contributed by atoms with Gasteiger partial charge in [-0.1, -0.05) is 0 Å². The first-order chi connectivity index (χ1) is 21.1. The number of hydrogen-bond donors (Lipinski definition) is 0. The Hall–Kier alpha value is 0.809. The van der Waals surface area contributed by atoms with Crippen molar-refractivity contribution in [1.29, 1.82) is 0 Å². The quantitative estimate of drug-likeness (QED) is 0.0853. The minimum absolute atomic E-state index is 0.0540. The van der Waals surface area contributed by atoms with Crippen LogP contribution in [0.15, 0.2) is 21.8 Å².